The average molecular weight is 271 g/mol. The van der Waals surface area contributed by atoms with E-state index in [9.17, 15) is 0 Å². The summed E-state index contributed by atoms with van der Waals surface area (Å²) in [5.74, 6) is 0. The lowest BCUT2D eigenvalue weighted by Crippen LogP contribution is -2.34. The molecule has 2 rings (SSSR count). The van der Waals surface area contributed by atoms with E-state index >= 15 is 0 Å². The number of nitrogens with two attached hydrogens (primary N) is 1. The Balaban J connectivity index is 2.37. The minimum Gasteiger partial charge on any atom is -0.329 e. The number of benzene rings is 1. The first-order chi connectivity index (χ1) is 9.81. The third-order valence-electron chi connectivity index (χ3n) is 3.93. The minimum absolute atomic E-state index is 0.255. The molecule has 108 valence electrons. The Kier molecular flexibility index (Phi) is 5.50. The maximum absolute atomic E-state index is 6.07. The summed E-state index contributed by atoms with van der Waals surface area (Å²) in [4.78, 5) is 6.86. The van der Waals surface area contributed by atoms with E-state index in [1.807, 2.05) is 12.4 Å². The largest absolute Gasteiger partial charge is 0.329 e. The van der Waals surface area contributed by atoms with Gasteiger partial charge in [0.2, 0.25) is 0 Å². The molecule has 0 aliphatic rings. The SMILES string of the molecule is CCCCN(CC)C(CN)c1cncc2ccccc12. The third kappa shape index (κ3) is 3.17. The van der Waals surface area contributed by atoms with Crippen molar-refractivity contribution in [3.05, 3.63) is 42.2 Å². The van der Waals surface area contributed by atoms with Crippen LogP contribution in [0.25, 0.3) is 10.8 Å². The molecule has 20 heavy (non-hydrogen) atoms. The standard InChI is InChI=1S/C17H25N3/c1-3-5-10-20(4-2)17(11-18)16-13-19-12-14-8-6-7-9-15(14)16/h6-9,12-13,17H,3-5,10-11,18H2,1-2H3. The van der Waals surface area contributed by atoms with E-state index in [0.29, 0.717) is 6.54 Å². The number of likely N-dealkylation sites (N-methyl/N-ethyl adjacent to an activating group) is 1. The van der Waals surface area contributed by atoms with Crippen molar-refractivity contribution < 1.29 is 0 Å². The van der Waals surface area contributed by atoms with Crippen LogP contribution in [0, 0.1) is 0 Å². The van der Waals surface area contributed by atoms with Crippen molar-refractivity contribution in [3.63, 3.8) is 0 Å². The normalized spacial score (nSPS) is 13.0. The second-order valence-corrected chi connectivity index (χ2v) is 5.18. The Morgan fingerprint density at radius 3 is 2.70 bits per heavy atom. The van der Waals surface area contributed by atoms with Crippen LogP contribution in [0.5, 0.6) is 0 Å². The molecule has 1 heterocycles. The molecule has 0 spiro atoms. The Bertz CT molecular complexity index is 533. The quantitative estimate of drug-likeness (QED) is 0.839. The second-order valence-electron chi connectivity index (χ2n) is 5.18. The Labute approximate surface area is 121 Å². The number of rotatable bonds is 7. The van der Waals surface area contributed by atoms with Crippen LogP contribution in [0.2, 0.25) is 0 Å². The number of pyridine rings is 1. The van der Waals surface area contributed by atoms with Gasteiger partial charge in [0.15, 0.2) is 0 Å². The van der Waals surface area contributed by atoms with Crippen molar-refractivity contribution in [1.82, 2.24) is 9.88 Å². The van der Waals surface area contributed by atoms with Crippen LogP contribution in [0.1, 0.15) is 38.3 Å². The summed E-state index contributed by atoms with van der Waals surface area (Å²) in [5.41, 5.74) is 7.33. The lowest BCUT2D eigenvalue weighted by atomic mass is 10.00. The van der Waals surface area contributed by atoms with E-state index in [1.54, 1.807) is 0 Å². The van der Waals surface area contributed by atoms with Gasteiger partial charge >= 0.3 is 0 Å². The maximum atomic E-state index is 6.07. The smallest absolute Gasteiger partial charge is 0.0491 e. The molecule has 1 unspecified atom stereocenters. The van der Waals surface area contributed by atoms with Gasteiger partial charge in [-0.1, -0.05) is 44.5 Å². The molecule has 3 nitrogen and oxygen atoms in total. The molecule has 2 N–H and O–H groups in total. The number of fused-ring (bicyclic) bond motifs is 1. The van der Waals surface area contributed by atoms with Crippen LogP contribution < -0.4 is 5.73 Å². The van der Waals surface area contributed by atoms with Crippen molar-refractivity contribution in [2.24, 2.45) is 5.73 Å². The van der Waals surface area contributed by atoms with Crippen LogP contribution in [0.3, 0.4) is 0 Å². The number of hydrogen-bond acceptors (Lipinski definition) is 3. The number of nitrogens with zero attached hydrogens (tertiary/aromatic N) is 2. The molecule has 1 aromatic heterocycles. The van der Waals surface area contributed by atoms with Crippen LogP contribution in [0.4, 0.5) is 0 Å². The molecule has 0 amide bonds. The predicted octanol–water partition coefficient (Wildman–Crippen LogP) is 3.36. The summed E-state index contributed by atoms with van der Waals surface area (Å²) in [6, 6.07) is 8.68. The highest BCUT2D eigenvalue weighted by Gasteiger charge is 2.19. The molecule has 1 atom stereocenters. The molecular weight excluding hydrogens is 246 g/mol. The van der Waals surface area contributed by atoms with Crippen molar-refractivity contribution >= 4 is 10.8 Å². The summed E-state index contributed by atoms with van der Waals surface area (Å²) in [7, 11) is 0. The first-order valence-corrected chi connectivity index (χ1v) is 7.58. The summed E-state index contributed by atoms with van der Waals surface area (Å²) >= 11 is 0. The Hall–Kier alpha value is -1.45. The molecule has 0 saturated carbocycles. The Morgan fingerprint density at radius 2 is 2.00 bits per heavy atom. The van der Waals surface area contributed by atoms with Crippen LogP contribution >= 0.6 is 0 Å². The molecule has 0 fully saturated rings. The van der Waals surface area contributed by atoms with E-state index in [1.165, 1.54) is 29.2 Å². The molecule has 2 aromatic rings. The van der Waals surface area contributed by atoms with Crippen molar-refractivity contribution in [1.29, 1.82) is 0 Å². The van der Waals surface area contributed by atoms with Gasteiger partial charge < -0.3 is 5.73 Å². The van der Waals surface area contributed by atoms with Crippen LogP contribution in [-0.4, -0.2) is 29.5 Å². The fraction of sp³-hybridized carbons (Fsp3) is 0.471. The summed E-state index contributed by atoms with van der Waals surface area (Å²) < 4.78 is 0. The first kappa shape index (κ1) is 14.9. The summed E-state index contributed by atoms with van der Waals surface area (Å²) in [6.45, 7) is 7.18. The third-order valence-corrected chi connectivity index (χ3v) is 3.93. The lowest BCUT2D eigenvalue weighted by Gasteiger charge is -2.30. The van der Waals surface area contributed by atoms with Crippen LogP contribution in [-0.2, 0) is 0 Å². The number of hydrogen-bond donors (Lipinski definition) is 1. The molecular formula is C17H25N3. The van der Waals surface area contributed by atoms with E-state index < -0.39 is 0 Å². The maximum Gasteiger partial charge on any atom is 0.0491 e. The molecule has 3 heteroatoms. The van der Waals surface area contributed by atoms with Gasteiger partial charge in [0, 0.05) is 30.4 Å². The van der Waals surface area contributed by atoms with Crippen molar-refractivity contribution in [3.8, 4) is 0 Å². The molecule has 0 aliphatic heterocycles. The van der Waals surface area contributed by atoms with E-state index in [4.69, 9.17) is 5.73 Å². The van der Waals surface area contributed by atoms with Gasteiger partial charge in [-0.2, -0.15) is 0 Å². The number of unbranched alkanes of at least 4 members (excludes halogenated alkanes) is 1. The van der Waals surface area contributed by atoms with E-state index in [2.05, 4.69) is 48.0 Å². The fourth-order valence-electron chi connectivity index (χ4n) is 2.77. The minimum atomic E-state index is 0.255. The van der Waals surface area contributed by atoms with E-state index in [-0.39, 0.29) is 6.04 Å². The van der Waals surface area contributed by atoms with Gasteiger partial charge in [0.05, 0.1) is 0 Å². The second kappa shape index (κ2) is 7.36. The molecule has 0 saturated heterocycles. The first-order valence-electron chi connectivity index (χ1n) is 7.58. The van der Waals surface area contributed by atoms with Gasteiger partial charge in [-0.3, -0.25) is 9.88 Å². The molecule has 1 aromatic carbocycles. The van der Waals surface area contributed by atoms with Crippen molar-refractivity contribution in [2.45, 2.75) is 32.7 Å². The predicted molar refractivity (Wildman–Crippen MR) is 85.7 cm³/mol. The summed E-state index contributed by atoms with van der Waals surface area (Å²) in [5, 5.41) is 2.46. The monoisotopic (exact) mass is 271 g/mol. The zero-order valence-corrected chi connectivity index (χ0v) is 12.5. The molecule has 0 bridgehead atoms. The number of aromatic nitrogens is 1. The van der Waals surface area contributed by atoms with Gasteiger partial charge in [0.1, 0.15) is 0 Å². The average Bonchev–Trinajstić information content (AvgIpc) is 2.51. The van der Waals surface area contributed by atoms with Crippen LogP contribution in [0.15, 0.2) is 36.7 Å². The van der Waals surface area contributed by atoms with E-state index in [0.717, 1.165) is 13.1 Å². The highest BCUT2D eigenvalue weighted by Crippen LogP contribution is 2.27. The zero-order valence-electron chi connectivity index (χ0n) is 12.5. The van der Waals surface area contributed by atoms with Gasteiger partial charge in [0.25, 0.3) is 0 Å². The zero-order chi connectivity index (χ0) is 14.4. The molecule has 0 aliphatic carbocycles. The topological polar surface area (TPSA) is 42.1 Å². The molecule has 0 radical (unpaired) electrons. The van der Waals surface area contributed by atoms with Gasteiger partial charge in [-0.25, -0.2) is 0 Å². The lowest BCUT2D eigenvalue weighted by molar-refractivity contribution is 0.210. The van der Waals surface area contributed by atoms with Crippen molar-refractivity contribution in [2.75, 3.05) is 19.6 Å². The summed E-state index contributed by atoms with van der Waals surface area (Å²) in [6.07, 6.45) is 6.33. The van der Waals surface area contributed by atoms with Gasteiger partial charge in [-0.05, 0) is 30.5 Å². The highest BCUT2D eigenvalue weighted by molar-refractivity contribution is 5.85. The van der Waals surface area contributed by atoms with Gasteiger partial charge in [-0.15, -0.1) is 0 Å². The fourth-order valence-corrected chi connectivity index (χ4v) is 2.77. The Morgan fingerprint density at radius 1 is 1.20 bits per heavy atom. The highest BCUT2D eigenvalue weighted by atomic mass is 15.2.